The summed E-state index contributed by atoms with van der Waals surface area (Å²) in [7, 11) is 0. The molecule has 0 atom stereocenters. The Bertz CT molecular complexity index is 520. The summed E-state index contributed by atoms with van der Waals surface area (Å²) in [5.74, 6) is 1.96. The molecular formula is C13H16ClN3O. The van der Waals surface area contributed by atoms with Gasteiger partial charge in [-0.2, -0.15) is 0 Å². The van der Waals surface area contributed by atoms with E-state index in [0.29, 0.717) is 11.9 Å². The Morgan fingerprint density at radius 1 is 1.22 bits per heavy atom. The second kappa shape index (κ2) is 5.40. The summed E-state index contributed by atoms with van der Waals surface area (Å²) >= 11 is 6.08. The molecule has 0 bridgehead atoms. The van der Waals surface area contributed by atoms with Crippen LogP contribution in [0.3, 0.4) is 0 Å². The van der Waals surface area contributed by atoms with Gasteiger partial charge in [-0.05, 0) is 42.8 Å². The molecule has 0 amide bonds. The molecule has 1 heterocycles. The van der Waals surface area contributed by atoms with Gasteiger partial charge < -0.3 is 4.74 Å². The van der Waals surface area contributed by atoms with E-state index in [2.05, 4.69) is 24.0 Å². The Labute approximate surface area is 112 Å². The zero-order chi connectivity index (χ0) is 13.1. The van der Waals surface area contributed by atoms with E-state index in [1.165, 1.54) is 0 Å². The molecule has 0 spiro atoms. The molecule has 0 radical (unpaired) electrons. The molecule has 4 nitrogen and oxygen atoms in total. The van der Waals surface area contributed by atoms with Crippen LogP contribution in [0.5, 0.6) is 5.75 Å². The molecule has 0 aliphatic heterocycles. The minimum atomic E-state index is 0.261. The molecule has 2 rings (SSSR count). The lowest BCUT2D eigenvalue weighted by atomic mass is 10.2. The third kappa shape index (κ3) is 2.48. The number of aromatic nitrogens is 3. The van der Waals surface area contributed by atoms with E-state index in [1.807, 2.05) is 35.8 Å². The minimum Gasteiger partial charge on any atom is -0.494 e. The predicted octanol–water partition coefficient (Wildman–Crippen LogP) is 3.44. The third-order valence-electron chi connectivity index (χ3n) is 2.57. The summed E-state index contributed by atoms with van der Waals surface area (Å²) in [6.45, 7) is 6.74. The highest BCUT2D eigenvalue weighted by molar-refractivity contribution is 6.28. The molecule has 0 saturated carbocycles. The van der Waals surface area contributed by atoms with Crippen molar-refractivity contribution in [1.82, 2.24) is 14.8 Å². The van der Waals surface area contributed by atoms with Gasteiger partial charge in [0.15, 0.2) is 0 Å². The molecule has 96 valence electrons. The van der Waals surface area contributed by atoms with Gasteiger partial charge in [0.05, 0.1) is 12.3 Å². The molecular weight excluding hydrogens is 250 g/mol. The van der Waals surface area contributed by atoms with E-state index in [0.717, 1.165) is 17.3 Å². The smallest absolute Gasteiger partial charge is 0.229 e. The molecule has 0 saturated heterocycles. The summed E-state index contributed by atoms with van der Waals surface area (Å²) in [5.41, 5.74) is 0.942. The minimum absolute atomic E-state index is 0.261. The Morgan fingerprint density at radius 3 is 2.44 bits per heavy atom. The zero-order valence-electron chi connectivity index (χ0n) is 10.7. The molecule has 1 aromatic heterocycles. The lowest BCUT2D eigenvalue weighted by Crippen LogP contribution is -2.03. The van der Waals surface area contributed by atoms with Gasteiger partial charge >= 0.3 is 0 Å². The maximum absolute atomic E-state index is 6.08. The lowest BCUT2D eigenvalue weighted by molar-refractivity contribution is 0.340. The molecule has 0 aliphatic carbocycles. The van der Waals surface area contributed by atoms with Crippen LogP contribution in [-0.4, -0.2) is 21.4 Å². The Balaban J connectivity index is 2.39. The van der Waals surface area contributed by atoms with Gasteiger partial charge in [0, 0.05) is 5.92 Å². The van der Waals surface area contributed by atoms with Crippen LogP contribution in [0.25, 0.3) is 5.69 Å². The predicted molar refractivity (Wildman–Crippen MR) is 71.6 cm³/mol. The van der Waals surface area contributed by atoms with E-state index >= 15 is 0 Å². The van der Waals surface area contributed by atoms with Crippen LogP contribution in [0.4, 0.5) is 0 Å². The first-order valence-corrected chi connectivity index (χ1v) is 6.35. The van der Waals surface area contributed by atoms with Gasteiger partial charge in [-0.25, -0.2) is 0 Å². The first-order valence-electron chi connectivity index (χ1n) is 5.97. The second-order valence-electron chi connectivity index (χ2n) is 4.24. The van der Waals surface area contributed by atoms with Crippen molar-refractivity contribution in [3.8, 4) is 11.4 Å². The molecule has 0 aliphatic rings. The summed E-state index contributed by atoms with van der Waals surface area (Å²) in [6, 6.07) is 7.73. The van der Waals surface area contributed by atoms with Crippen molar-refractivity contribution in [2.75, 3.05) is 6.61 Å². The fraction of sp³-hybridized carbons (Fsp3) is 0.385. The van der Waals surface area contributed by atoms with E-state index in [9.17, 15) is 0 Å². The Hall–Kier alpha value is -1.55. The van der Waals surface area contributed by atoms with Crippen molar-refractivity contribution in [1.29, 1.82) is 0 Å². The highest BCUT2D eigenvalue weighted by Gasteiger charge is 2.14. The zero-order valence-corrected chi connectivity index (χ0v) is 11.5. The van der Waals surface area contributed by atoms with Gasteiger partial charge in [-0.3, -0.25) is 4.57 Å². The molecule has 5 heteroatoms. The highest BCUT2D eigenvalue weighted by atomic mass is 35.5. The molecule has 18 heavy (non-hydrogen) atoms. The van der Waals surface area contributed by atoms with E-state index in [1.54, 1.807) is 0 Å². The summed E-state index contributed by atoms with van der Waals surface area (Å²) < 4.78 is 7.26. The molecule has 1 aromatic carbocycles. The van der Waals surface area contributed by atoms with Crippen molar-refractivity contribution in [2.45, 2.75) is 26.7 Å². The first-order chi connectivity index (χ1) is 8.63. The van der Waals surface area contributed by atoms with Crippen LogP contribution in [0.15, 0.2) is 24.3 Å². The number of hydrogen-bond acceptors (Lipinski definition) is 3. The van der Waals surface area contributed by atoms with Crippen molar-refractivity contribution in [3.05, 3.63) is 35.4 Å². The fourth-order valence-corrected chi connectivity index (χ4v) is 1.97. The van der Waals surface area contributed by atoms with E-state index in [4.69, 9.17) is 16.3 Å². The largest absolute Gasteiger partial charge is 0.494 e. The van der Waals surface area contributed by atoms with E-state index < -0.39 is 0 Å². The van der Waals surface area contributed by atoms with Gasteiger partial charge in [-0.15, -0.1) is 10.2 Å². The topological polar surface area (TPSA) is 39.9 Å². The number of halogens is 1. The number of benzene rings is 1. The summed E-state index contributed by atoms with van der Waals surface area (Å²) in [4.78, 5) is 0. The highest BCUT2D eigenvalue weighted by Crippen LogP contribution is 2.23. The third-order valence-corrected chi connectivity index (χ3v) is 2.82. The van der Waals surface area contributed by atoms with Crippen molar-refractivity contribution in [3.63, 3.8) is 0 Å². The van der Waals surface area contributed by atoms with Crippen molar-refractivity contribution in [2.24, 2.45) is 0 Å². The first kappa shape index (κ1) is 12.9. The molecule has 2 aromatic rings. The normalized spacial score (nSPS) is 10.9. The number of hydrogen-bond donors (Lipinski definition) is 0. The SMILES string of the molecule is CCOc1ccc(-n2c(Cl)nnc2C(C)C)cc1. The number of rotatable bonds is 4. The van der Waals surface area contributed by atoms with Gasteiger partial charge in [0.2, 0.25) is 5.28 Å². The monoisotopic (exact) mass is 265 g/mol. The second-order valence-corrected chi connectivity index (χ2v) is 4.58. The maximum Gasteiger partial charge on any atom is 0.229 e. The maximum atomic E-state index is 6.08. The average Bonchev–Trinajstić information content (AvgIpc) is 2.73. The quantitative estimate of drug-likeness (QED) is 0.850. The molecule has 0 unspecified atom stereocenters. The van der Waals surface area contributed by atoms with Crippen molar-refractivity contribution < 1.29 is 4.74 Å². The standard InChI is InChI=1S/C13H16ClN3O/c1-4-18-11-7-5-10(6-8-11)17-12(9(2)3)15-16-13(17)14/h5-9H,4H2,1-3H3. The van der Waals surface area contributed by atoms with Crippen LogP contribution < -0.4 is 4.74 Å². The van der Waals surface area contributed by atoms with Crippen LogP contribution in [0, 0.1) is 0 Å². The van der Waals surface area contributed by atoms with Crippen molar-refractivity contribution >= 4 is 11.6 Å². The van der Waals surface area contributed by atoms with Crippen LogP contribution in [0.1, 0.15) is 32.5 Å². The Kier molecular flexibility index (Phi) is 3.87. The van der Waals surface area contributed by atoms with Gasteiger partial charge in [0.1, 0.15) is 11.6 Å². The molecule has 0 N–H and O–H groups in total. The summed E-state index contributed by atoms with van der Waals surface area (Å²) in [5, 5.41) is 8.40. The lowest BCUT2D eigenvalue weighted by Gasteiger charge is -2.10. The van der Waals surface area contributed by atoms with Crippen LogP contribution in [0.2, 0.25) is 5.28 Å². The fourth-order valence-electron chi connectivity index (χ4n) is 1.75. The van der Waals surface area contributed by atoms with Crippen LogP contribution >= 0.6 is 11.6 Å². The van der Waals surface area contributed by atoms with E-state index in [-0.39, 0.29) is 5.92 Å². The average molecular weight is 266 g/mol. The van der Waals surface area contributed by atoms with Gasteiger partial charge in [-0.1, -0.05) is 13.8 Å². The number of ether oxygens (including phenoxy) is 1. The summed E-state index contributed by atoms with van der Waals surface area (Å²) in [6.07, 6.45) is 0. The Morgan fingerprint density at radius 2 is 1.89 bits per heavy atom. The van der Waals surface area contributed by atoms with Crippen LogP contribution in [-0.2, 0) is 0 Å². The molecule has 0 fully saturated rings. The number of nitrogens with zero attached hydrogens (tertiary/aromatic N) is 3. The van der Waals surface area contributed by atoms with Gasteiger partial charge in [0.25, 0.3) is 0 Å².